The lowest BCUT2D eigenvalue weighted by Crippen LogP contribution is -2.12. The van der Waals surface area contributed by atoms with Gasteiger partial charge in [-0.1, -0.05) is 164 Å². The van der Waals surface area contributed by atoms with Crippen molar-refractivity contribution in [3.8, 4) is 5.69 Å². The molecule has 2 heteroatoms. The summed E-state index contributed by atoms with van der Waals surface area (Å²) in [5.41, 5.74) is 13.8. The zero-order valence-corrected chi connectivity index (χ0v) is 28.7. The molecular weight excluding hydrogens is 629 g/mol. The molecule has 0 aliphatic rings. The third-order valence-corrected chi connectivity index (χ3v) is 9.79. The number of hydrogen-bond donors (Lipinski definition) is 0. The molecular formula is C50H36N2. The number of hydrogen-bond acceptors (Lipinski definition) is 1. The third-order valence-electron chi connectivity index (χ3n) is 9.79. The highest BCUT2D eigenvalue weighted by Gasteiger charge is 2.23. The van der Waals surface area contributed by atoms with E-state index in [1.807, 2.05) is 0 Å². The first-order valence-corrected chi connectivity index (χ1v) is 17.8. The topological polar surface area (TPSA) is 8.17 Å². The first kappa shape index (κ1) is 31.1. The molecule has 246 valence electrons. The number of nitrogens with zero attached hydrogens (tertiary/aromatic N) is 2. The fourth-order valence-corrected chi connectivity index (χ4v) is 7.54. The average Bonchev–Trinajstić information content (AvgIpc) is 3.56. The minimum Gasteiger partial charge on any atom is -0.310 e. The molecule has 8 aromatic carbocycles. The Morgan fingerprint density at radius 1 is 0.346 bits per heavy atom. The number of rotatable bonds is 8. The van der Waals surface area contributed by atoms with E-state index in [1.165, 1.54) is 44.1 Å². The Labute approximate surface area is 304 Å². The van der Waals surface area contributed by atoms with Gasteiger partial charge in [0.15, 0.2) is 0 Å². The molecule has 0 bridgehead atoms. The van der Waals surface area contributed by atoms with Crippen molar-refractivity contribution in [2.45, 2.75) is 0 Å². The molecule has 0 saturated heterocycles. The van der Waals surface area contributed by atoms with Gasteiger partial charge in [0.2, 0.25) is 0 Å². The van der Waals surface area contributed by atoms with Crippen molar-refractivity contribution < 1.29 is 0 Å². The molecule has 1 heterocycles. The summed E-state index contributed by atoms with van der Waals surface area (Å²) in [6.07, 6.45) is 0. The molecule has 0 saturated carbocycles. The lowest BCUT2D eigenvalue weighted by molar-refractivity contribution is 1.18. The Morgan fingerprint density at radius 3 is 1.46 bits per heavy atom. The predicted molar refractivity (Wildman–Crippen MR) is 220 cm³/mol. The normalized spacial score (nSPS) is 11.1. The Bertz CT molecular complexity index is 2600. The monoisotopic (exact) mass is 664 g/mol. The summed E-state index contributed by atoms with van der Waals surface area (Å²) >= 11 is 0. The second-order valence-electron chi connectivity index (χ2n) is 12.9. The second-order valence-corrected chi connectivity index (χ2v) is 12.9. The zero-order valence-electron chi connectivity index (χ0n) is 28.7. The van der Waals surface area contributed by atoms with Gasteiger partial charge in [-0.05, 0) is 82.4 Å². The highest BCUT2D eigenvalue weighted by Crippen LogP contribution is 2.45. The molecule has 52 heavy (non-hydrogen) atoms. The molecule has 0 aliphatic heterocycles. The molecule has 1 aromatic heterocycles. The Hall–Kier alpha value is -6.90. The molecule has 0 N–H and O–H groups in total. The molecule has 9 rings (SSSR count). The van der Waals surface area contributed by atoms with Crippen LogP contribution < -0.4 is 4.90 Å². The third kappa shape index (κ3) is 5.67. The predicted octanol–water partition coefficient (Wildman–Crippen LogP) is 13.3. The van der Waals surface area contributed by atoms with Crippen molar-refractivity contribution in [2.24, 2.45) is 0 Å². The van der Waals surface area contributed by atoms with Crippen LogP contribution in [0.1, 0.15) is 22.3 Å². The van der Waals surface area contributed by atoms with Gasteiger partial charge in [-0.15, -0.1) is 0 Å². The van der Waals surface area contributed by atoms with Crippen molar-refractivity contribution >= 4 is 50.0 Å². The number of anilines is 3. The van der Waals surface area contributed by atoms with Crippen LogP contribution in [0.15, 0.2) is 218 Å². The zero-order chi connectivity index (χ0) is 34.7. The van der Waals surface area contributed by atoms with Gasteiger partial charge in [0.25, 0.3) is 0 Å². The highest BCUT2D eigenvalue weighted by atomic mass is 15.1. The van der Waals surface area contributed by atoms with Gasteiger partial charge in [-0.3, -0.25) is 0 Å². The van der Waals surface area contributed by atoms with Crippen molar-refractivity contribution in [1.29, 1.82) is 0 Å². The molecule has 0 unspecified atom stereocenters. The Balaban J connectivity index is 1.34. The second kappa shape index (κ2) is 13.8. The van der Waals surface area contributed by atoms with E-state index in [-0.39, 0.29) is 0 Å². The minimum atomic E-state index is 1.09. The standard InChI is InChI=1S/C50H36N2/c1-6-20-37(21-7-1)49(38-22-8-2-9-23-38)50(39-24-10-3-11-25-39)44-31-17-19-33-47(44)51(40-26-12-4-13-27-40)42-34-35-48-45(36-42)43-30-16-18-32-46(43)52(48)41-28-14-5-15-29-41/h1-36H. The molecule has 2 nitrogen and oxygen atoms in total. The summed E-state index contributed by atoms with van der Waals surface area (Å²) in [5.74, 6) is 0. The van der Waals surface area contributed by atoms with Gasteiger partial charge in [-0.25, -0.2) is 0 Å². The van der Waals surface area contributed by atoms with Gasteiger partial charge in [-0.2, -0.15) is 0 Å². The number of para-hydroxylation sites is 4. The molecule has 0 fully saturated rings. The van der Waals surface area contributed by atoms with E-state index in [9.17, 15) is 0 Å². The van der Waals surface area contributed by atoms with Gasteiger partial charge < -0.3 is 9.47 Å². The minimum absolute atomic E-state index is 1.09. The van der Waals surface area contributed by atoms with Crippen LogP contribution in [0.2, 0.25) is 0 Å². The summed E-state index contributed by atoms with van der Waals surface area (Å²) in [6.45, 7) is 0. The highest BCUT2D eigenvalue weighted by molar-refractivity contribution is 6.11. The maximum atomic E-state index is 2.42. The summed E-state index contributed by atoms with van der Waals surface area (Å²) in [7, 11) is 0. The largest absolute Gasteiger partial charge is 0.310 e. The van der Waals surface area contributed by atoms with Crippen molar-refractivity contribution in [2.75, 3.05) is 4.90 Å². The van der Waals surface area contributed by atoms with E-state index in [0.717, 1.165) is 33.9 Å². The average molecular weight is 665 g/mol. The van der Waals surface area contributed by atoms with Crippen LogP contribution in [0.4, 0.5) is 17.1 Å². The van der Waals surface area contributed by atoms with Crippen LogP contribution in [0.25, 0.3) is 38.6 Å². The van der Waals surface area contributed by atoms with Crippen LogP contribution in [0.5, 0.6) is 0 Å². The fourth-order valence-electron chi connectivity index (χ4n) is 7.54. The van der Waals surface area contributed by atoms with Gasteiger partial charge in [0.05, 0.1) is 16.7 Å². The van der Waals surface area contributed by atoms with Crippen LogP contribution in [0, 0.1) is 0 Å². The van der Waals surface area contributed by atoms with E-state index < -0.39 is 0 Å². The van der Waals surface area contributed by atoms with E-state index in [1.54, 1.807) is 0 Å². The molecule has 0 amide bonds. The van der Waals surface area contributed by atoms with Crippen LogP contribution in [-0.4, -0.2) is 4.57 Å². The van der Waals surface area contributed by atoms with E-state index in [0.29, 0.717) is 0 Å². The smallest absolute Gasteiger partial charge is 0.0542 e. The van der Waals surface area contributed by atoms with Gasteiger partial charge in [0.1, 0.15) is 0 Å². The first-order chi connectivity index (χ1) is 25.8. The molecule has 0 aliphatic carbocycles. The van der Waals surface area contributed by atoms with E-state index in [4.69, 9.17) is 0 Å². The summed E-state index contributed by atoms with van der Waals surface area (Å²) in [5, 5.41) is 2.44. The van der Waals surface area contributed by atoms with Crippen molar-refractivity contribution in [3.63, 3.8) is 0 Å². The summed E-state index contributed by atoms with van der Waals surface area (Å²) < 4.78 is 2.37. The molecule has 0 radical (unpaired) electrons. The first-order valence-electron chi connectivity index (χ1n) is 17.8. The number of fused-ring (bicyclic) bond motifs is 3. The Morgan fingerprint density at radius 2 is 0.827 bits per heavy atom. The number of benzene rings is 8. The SMILES string of the molecule is c1ccc(C(=C(c2ccccc2)c2ccccc2N(c2ccccc2)c2ccc3c(c2)c2ccccc2n3-c2ccccc2)c2ccccc2)cc1. The fraction of sp³-hybridized carbons (Fsp3) is 0. The van der Waals surface area contributed by atoms with Crippen molar-refractivity contribution in [3.05, 3.63) is 241 Å². The van der Waals surface area contributed by atoms with Gasteiger partial charge >= 0.3 is 0 Å². The van der Waals surface area contributed by atoms with Gasteiger partial charge in [0, 0.05) is 33.4 Å². The van der Waals surface area contributed by atoms with E-state index >= 15 is 0 Å². The Kier molecular flexibility index (Phi) is 8.24. The summed E-state index contributed by atoms with van der Waals surface area (Å²) in [4.78, 5) is 2.42. The molecule has 0 atom stereocenters. The maximum absolute atomic E-state index is 2.42. The molecule has 0 spiro atoms. The summed E-state index contributed by atoms with van der Waals surface area (Å²) in [6, 6.07) is 78.3. The lowest BCUT2D eigenvalue weighted by atomic mass is 9.85. The van der Waals surface area contributed by atoms with E-state index in [2.05, 4.69) is 228 Å². The number of aromatic nitrogens is 1. The van der Waals surface area contributed by atoms with Crippen LogP contribution in [0.3, 0.4) is 0 Å². The van der Waals surface area contributed by atoms with Crippen molar-refractivity contribution in [1.82, 2.24) is 4.57 Å². The molecule has 9 aromatic rings. The quantitative estimate of drug-likeness (QED) is 0.147. The lowest BCUT2D eigenvalue weighted by Gasteiger charge is -2.29. The maximum Gasteiger partial charge on any atom is 0.0542 e. The van der Waals surface area contributed by atoms with Crippen LogP contribution in [-0.2, 0) is 0 Å². The van der Waals surface area contributed by atoms with Crippen LogP contribution >= 0.6 is 0 Å².